The molecule has 3 nitrogen and oxygen atoms in total. The summed E-state index contributed by atoms with van der Waals surface area (Å²) in [5, 5.41) is 1.10. The molecule has 0 saturated heterocycles. The molecule has 0 unspecified atom stereocenters. The van der Waals surface area contributed by atoms with Gasteiger partial charge < -0.3 is 10.5 Å². The summed E-state index contributed by atoms with van der Waals surface area (Å²) in [4.78, 5) is 5.78. The van der Waals surface area contributed by atoms with Gasteiger partial charge >= 0.3 is 0 Å². The van der Waals surface area contributed by atoms with Crippen LogP contribution in [0.2, 0.25) is 0 Å². The third-order valence-electron chi connectivity index (χ3n) is 2.64. The topological polar surface area (TPSA) is 48.1 Å². The second kappa shape index (κ2) is 6.64. The van der Waals surface area contributed by atoms with Crippen molar-refractivity contribution in [1.29, 1.82) is 0 Å². The van der Waals surface area contributed by atoms with Gasteiger partial charge in [0.1, 0.15) is 0 Å². The number of rotatable bonds is 6. The van der Waals surface area contributed by atoms with Crippen molar-refractivity contribution in [2.24, 2.45) is 5.73 Å². The zero-order valence-electron chi connectivity index (χ0n) is 10.6. The molecule has 0 saturated carbocycles. The molecule has 0 atom stereocenters. The van der Waals surface area contributed by atoms with E-state index in [1.807, 2.05) is 25.1 Å². The molecule has 1 aromatic heterocycles. The van der Waals surface area contributed by atoms with E-state index >= 15 is 0 Å². The molecule has 1 heterocycles. The molecule has 18 heavy (non-hydrogen) atoms. The van der Waals surface area contributed by atoms with Crippen LogP contribution in [0.5, 0.6) is 0 Å². The van der Waals surface area contributed by atoms with Crippen molar-refractivity contribution in [3.8, 4) is 10.4 Å². The second-order valence-corrected chi connectivity index (χ2v) is 4.98. The number of aromatic nitrogens is 1. The maximum absolute atomic E-state index is 5.77. The van der Waals surface area contributed by atoms with Crippen LogP contribution in [0.4, 0.5) is 0 Å². The van der Waals surface area contributed by atoms with E-state index in [4.69, 9.17) is 10.5 Å². The Labute approximate surface area is 112 Å². The highest BCUT2D eigenvalue weighted by Crippen LogP contribution is 2.30. The highest BCUT2D eigenvalue weighted by atomic mass is 32.1. The highest BCUT2D eigenvalue weighted by Gasteiger charge is 2.11. The van der Waals surface area contributed by atoms with E-state index in [0.717, 1.165) is 30.3 Å². The standard InChI is InChI=1S/C14H18N2OS/c1-2-17-9-8-13-16-12(10-15)14(18-13)11-6-4-3-5-7-11/h3-7H,2,8-10,15H2,1H3. The molecule has 0 amide bonds. The number of nitrogens with two attached hydrogens (primary N) is 1. The van der Waals surface area contributed by atoms with Crippen LogP contribution in [0.1, 0.15) is 17.6 Å². The normalized spacial score (nSPS) is 10.8. The van der Waals surface area contributed by atoms with Gasteiger partial charge in [-0.05, 0) is 12.5 Å². The predicted octanol–water partition coefficient (Wildman–Crippen LogP) is 2.85. The summed E-state index contributed by atoms with van der Waals surface area (Å²) in [5.74, 6) is 0. The first-order valence-electron chi connectivity index (χ1n) is 6.17. The van der Waals surface area contributed by atoms with Gasteiger partial charge in [-0.15, -0.1) is 11.3 Å². The van der Waals surface area contributed by atoms with E-state index in [9.17, 15) is 0 Å². The summed E-state index contributed by atoms with van der Waals surface area (Å²) < 4.78 is 5.36. The smallest absolute Gasteiger partial charge is 0.0958 e. The van der Waals surface area contributed by atoms with Crippen LogP contribution in [-0.2, 0) is 17.7 Å². The van der Waals surface area contributed by atoms with Gasteiger partial charge in [-0.3, -0.25) is 0 Å². The van der Waals surface area contributed by atoms with Crippen LogP contribution in [0.25, 0.3) is 10.4 Å². The zero-order chi connectivity index (χ0) is 12.8. The maximum Gasteiger partial charge on any atom is 0.0958 e. The van der Waals surface area contributed by atoms with Crippen molar-refractivity contribution in [3.05, 3.63) is 41.0 Å². The Balaban J connectivity index is 2.19. The largest absolute Gasteiger partial charge is 0.381 e. The number of benzene rings is 1. The van der Waals surface area contributed by atoms with Crippen LogP contribution >= 0.6 is 11.3 Å². The van der Waals surface area contributed by atoms with Crippen LogP contribution in [-0.4, -0.2) is 18.2 Å². The Morgan fingerprint density at radius 3 is 2.72 bits per heavy atom. The lowest BCUT2D eigenvalue weighted by Crippen LogP contribution is -2.00. The van der Waals surface area contributed by atoms with Crippen molar-refractivity contribution >= 4 is 11.3 Å². The fraction of sp³-hybridized carbons (Fsp3) is 0.357. The number of thiazole rings is 1. The molecule has 1 aromatic carbocycles. The zero-order valence-corrected chi connectivity index (χ0v) is 11.4. The van der Waals surface area contributed by atoms with E-state index in [-0.39, 0.29) is 0 Å². The Morgan fingerprint density at radius 2 is 2.06 bits per heavy atom. The van der Waals surface area contributed by atoms with Gasteiger partial charge in [0.15, 0.2) is 0 Å². The van der Waals surface area contributed by atoms with E-state index < -0.39 is 0 Å². The predicted molar refractivity (Wildman–Crippen MR) is 75.6 cm³/mol. The van der Waals surface area contributed by atoms with Crippen LogP contribution < -0.4 is 5.73 Å². The van der Waals surface area contributed by atoms with Gasteiger partial charge in [-0.2, -0.15) is 0 Å². The van der Waals surface area contributed by atoms with Crippen LogP contribution in [0.3, 0.4) is 0 Å². The monoisotopic (exact) mass is 262 g/mol. The maximum atomic E-state index is 5.77. The Hall–Kier alpha value is -1.23. The molecular weight excluding hydrogens is 244 g/mol. The highest BCUT2D eigenvalue weighted by molar-refractivity contribution is 7.15. The molecule has 0 aliphatic heterocycles. The first-order chi connectivity index (χ1) is 8.85. The third-order valence-corrected chi connectivity index (χ3v) is 3.84. The molecule has 2 rings (SSSR count). The van der Waals surface area contributed by atoms with Crippen LogP contribution in [0.15, 0.2) is 30.3 Å². The van der Waals surface area contributed by atoms with Crippen LogP contribution in [0, 0.1) is 0 Å². The molecule has 0 radical (unpaired) electrons. The van der Waals surface area contributed by atoms with Gasteiger partial charge in [0.25, 0.3) is 0 Å². The molecule has 2 aromatic rings. The molecule has 0 spiro atoms. The molecular formula is C14H18N2OS. The quantitative estimate of drug-likeness (QED) is 0.814. The van der Waals surface area contributed by atoms with Gasteiger partial charge in [-0.1, -0.05) is 30.3 Å². The lowest BCUT2D eigenvalue weighted by atomic mass is 10.1. The van der Waals surface area contributed by atoms with Crippen molar-refractivity contribution in [1.82, 2.24) is 4.98 Å². The lowest BCUT2D eigenvalue weighted by molar-refractivity contribution is 0.151. The van der Waals surface area contributed by atoms with Crippen molar-refractivity contribution < 1.29 is 4.74 Å². The molecule has 2 N–H and O–H groups in total. The number of hydrogen-bond acceptors (Lipinski definition) is 4. The van der Waals surface area contributed by atoms with Crippen molar-refractivity contribution in [2.45, 2.75) is 19.9 Å². The Bertz CT molecular complexity index is 482. The van der Waals surface area contributed by atoms with E-state index in [1.165, 1.54) is 10.4 Å². The summed E-state index contributed by atoms with van der Waals surface area (Å²) >= 11 is 1.72. The van der Waals surface area contributed by atoms with Gasteiger partial charge in [0, 0.05) is 19.6 Å². The minimum atomic E-state index is 0.482. The van der Waals surface area contributed by atoms with Gasteiger partial charge in [0.2, 0.25) is 0 Å². The number of nitrogens with zero attached hydrogens (tertiary/aromatic N) is 1. The minimum Gasteiger partial charge on any atom is -0.381 e. The average Bonchev–Trinajstić information content (AvgIpc) is 2.83. The van der Waals surface area contributed by atoms with Crippen molar-refractivity contribution in [3.63, 3.8) is 0 Å². The first-order valence-corrected chi connectivity index (χ1v) is 6.98. The number of hydrogen-bond donors (Lipinski definition) is 1. The van der Waals surface area contributed by atoms with Crippen molar-refractivity contribution in [2.75, 3.05) is 13.2 Å². The molecule has 0 bridgehead atoms. The number of ether oxygens (including phenoxy) is 1. The minimum absolute atomic E-state index is 0.482. The summed E-state index contributed by atoms with van der Waals surface area (Å²) in [7, 11) is 0. The third kappa shape index (κ3) is 3.16. The first kappa shape index (κ1) is 13.2. The Kier molecular flexibility index (Phi) is 4.87. The summed E-state index contributed by atoms with van der Waals surface area (Å²) in [5.41, 5.74) is 7.95. The fourth-order valence-electron chi connectivity index (χ4n) is 1.76. The molecule has 96 valence electrons. The fourth-order valence-corrected chi connectivity index (χ4v) is 2.84. The van der Waals surface area contributed by atoms with E-state index in [1.54, 1.807) is 11.3 Å². The summed E-state index contributed by atoms with van der Waals surface area (Å²) in [6.07, 6.45) is 0.859. The van der Waals surface area contributed by atoms with Gasteiger partial charge in [-0.25, -0.2) is 4.98 Å². The molecule has 0 aliphatic carbocycles. The van der Waals surface area contributed by atoms with Gasteiger partial charge in [0.05, 0.1) is 22.2 Å². The molecule has 0 fully saturated rings. The SMILES string of the molecule is CCOCCc1nc(CN)c(-c2ccccc2)s1. The summed E-state index contributed by atoms with van der Waals surface area (Å²) in [6.45, 7) is 3.96. The lowest BCUT2D eigenvalue weighted by Gasteiger charge is -1.98. The molecule has 4 heteroatoms. The Morgan fingerprint density at radius 1 is 1.28 bits per heavy atom. The average molecular weight is 262 g/mol. The molecule has 0 aliphatic rings. The van der Waals surface area contributed by atoms with E-state index in [0.29, 0.717) is 6.54 Å². The second-order valence-electron chi connectivity index (χ2n) is 3.90. The summed E-state index contributed by atoms with van der Waals surface area (Å²) in [6, 6.07) is 10.3. The van der Waals surface area contributed by atoms with E-state index in [2.05, 4.69) is 17.1 Å².